The Morgan fingerprint density at radius 2 is 2.24 bits per heavy atom. The third kappa shape index (κ3) is 4.41. The smallest absolute Gasteiger partial charge is 0.216 e. The van der Waals surface area contributed by atoms with Crippen LogP contribution >= 0.6 is 11.6 Å². The van der Waals surface area contributed by atoms with Crippen molar-refractivity contribution >= 4 is 29.9 Å². The largest absolute Gasteiger partial charge is 0.356 e. The Labute approximate surface area is 105 Å². The highest BCUT2D eigenvalue weighted by atomic mass is 35.5. The van der Waals surface area contributed by atoms with Crippen LogP contribution < -0.4 is 5.32 Å². The van der Waals surface area contributed by atoms with Crippen molar-refractivity contribution < 1.29 is 9.59 Å². The maximum absolute atomic E-state index is 10.9. The Morgan fingerprint density at radius 1 is 1.47 bits per heavy atom. The van der Waals surface area contributed by atoms with Gasteiger partial charge in [0.15, 0.2) is 6.29 Å². The number of carbonyl (C=O) groups is 2. The monoisotopic (exact) mass is 251 g/mol. The average molecular weight is 252 g/mol. The van der Waals surface area contributed by atoms with E-state index in [0.29, 0.717) is 23.6 Å². The number of rotatable bonds is 5. The van der Waals surface area contributed by atoms with Crippen LogP contribution in [0.3, 0.4) is 0 Å². The molecule has 90 valence electrons. The molecule has 0 aliphatic carbocycles. The molecular weight excluding hydrogens is 238 g/mol. The van der Waals surface area contributed by atoms with Gasteiger partial charge >= 0.3 is 0 Å². The highest BCUT2D eigenvalue weighted by molar-refractivity contribution is 6.33. The van der Waals surface area contributed by atoms with Crippen LogP contribution in [0.2, 0.25) is 5.02 Å². The van der Waals surface area contributed by atoms with E-state index in [-0.39, 0.29) is 5.91 Å². The summed E-state index contributed by atoms with van der Waals surface area (Å²) in [6, 6.07) is 5.30. The van der Waals surface area contributed by atoms with Crippen molar-refractivity contribution in [2.75, 3.05) is 6.54 Å². The average Bonchev–Trinajstić information content (AvgIpc) is 2.28. The summed E-state index contributed by atoms with van der Waals surface area (Å²) < 4.78 is 0. The molecule has 0 aliphatic rings. The molecule has 0 saturated heterocycles. The van der Waals surface area contributed by atoms with Crippen LogP contribution in [0.1, 0.15) is 29.3 Å². The summed E-state index contributed by atoms with van der Waals surface area (Å²) in [7, 11) is 0. The van der Waals surface area contributed by atoms with Crippen LogP contribution in [-0.4, -0.2) is 18.7 Å². The van der Waals surface area contributed by atoms with E-state index in [4.69, 9.17) is 11.6 Å². The molecule has 0 aliphatic heterocycles. The number of amides is 1. The van der Waals surface area contributed by atoms with Crippen molar-refractivity contribution in [2.45, 2.75) is 13.3 Å². The van der Waals surface area contributed by atoms with Crippen LogP contribution in [0.15, 0.2) is 24.3 Å². The maximum Gasteiger partial charge on any atom is 0.216 e. The minimum atomic E-state index is -0.0465. The molecule has 0 radical (unpaired) electrons. The van der Waals surface area contributed by atoms with Crippen LogP contribution in [0.5, 0.6) is 0 Å². The van der Waals surface area contributed by atoms with Crippen molar-refractivity contribution in [1.29, 1.82) is 0 Å². The number of aldehydes is 1. The van der Waals surface area contributed by atoms with Gasteiger partial charge in [0.2, 0.25) is 5.91 Å². The summed E-state index contributed by atoms with van der Waals surface area (Å²) in [4.78, 5) is 21.5. The van der Waals surface area contributed by atoms with E-state index in [1.54, 1.807) is 12.1 Å². The van der Waals surface area contributed by atoms with Gasteiger partial charge in [0.1, 0.15) is 0 Å². The first kappa shape index (κ1) is 13.5. The standard InChI is InChI=1S/C13H14ClNO2/c1-10(17)15-8-3-2-5-11-6-4-7-13(14)12(11)9-16/h2,4-7,9H,3,8H2,1H3,(H,15,17). The van der Waals surface area contributed by atoms with Gasteiger partial charge in [-0.1, -0.05) is 35.9 Å². The molecule has 0 heterocycles. The first-order valence-electron chi connectivity index (χ1n) is 5.30. The lowest BCUT2D eigenvalue weighted by molar-refractivity contribution is -0.118. The lowest BCUT2D eigenvalue weighted by atomic mass is 10.1. The Kier molecular flexibility index (Phi) is 5.43. The predicted octanol–water partition coefficient (Wildman–Crippen LogP) is 2.69. The molecule has 0 spiro atoms. The van der Waals surface area contributed by atoms with Gasteiger partial charge < -0.3 is 5.32 Å². The van der Waals surface area contributed by atoms with E-state index in [1.165, 1.54) is 6.92 Å². The van der Waals surface area contributed by atoms with Gasteiger partial charge in [-0.15, -0.1) is 0 Å². The number of carbonyl (C=O) groups excluding carboxylic acids is 2. The lowest BCUT2D eigenvalue weighted by Gasteiger charge is -2.01. The molecule has 1 aromatic rings. The van der Waals surface area contributed by atoms with Crippen molar-refractivity contribution in [3.63, 3.8) is 0 Å². The first-order chi connectivity index (χ1) is 8.15. The molecule has 0 aromatic heterocycles. The van der Waals surface area contributed by atoms with Crippen LogP contribution in [0.4, 0.5) is 0 Å². The number of hydrogen-bond acceptors (Lipinski definition) is 2. The fraction of sp³-hybridized carbons (Fsp3) is 0.231. The SMILES string of the molecule is CC(=O)NCCC=Cc1cccc(Cl)c1C=O. The van der Waals surface area contributed by atoms with E-state index in [9.17, 15) is 9.59 Å². The minimum absolute atomic E-state index is 0.0465. The number of nitrogens with one attached hydrogen (secondary N) is 1. The van der Waals surface area contributed by atoms with Gasteiger partial charge in [0, 0.05) is 19.0 Å². The molecule has 0 bridgehead atoms. The highest BCUT2D eigenvalue weighted by Gasteiger charge is 2.02. The van der Waals surface area contributed by atoms with Crippen LogP contribution in [0, 0.1) is 0 Å². The van der Waals surface area contributed by atoms with Gasteiger partial charge in [-0.25, -0.2) is 0 Å². The molecule has 1 rings (SSSR count). The molecule has 17 heavy (non-hydrogen) atoms. The van der Waals surface area contributed by atoms with E-state index in [2.05, 4.69) is 5.32 Å². The summed E-state index contributed by atoms with van der Waals surface area (Å²) in [5, 5.41) is 3.13. The Bertz CT molecular complexity index is 441. The second-order valence-electron chi connectivity index (χ2n) is 3.53. The maximum atomic E-state index is 10.9. The predicted molar refractivity (Wildman–Crippen MR) is 69.2 cm³/mol. The topological polar surface area (TPSA) is 46.2 Å². The van der Waals surface area contributed by atoms with Crippen molar-refractivity contribution in [3.8, 4) is 0 Å². The van der Waals surface area contributed by atoms with Gasteiger partial charge in [-0.2, -0.15) is 0 Å². The third-order valence-corrected chi connectivity index (χ3v) is 2.52. The van der Waals surface area contributed by atoms with E-state index >= 15 is 0 Å². The Hall–Kier alpha value is -1.61. The van der Waals surface area contributed by atoms with Gasteiger partial charge in [-0.3, -0.25) is 9.59 Å². The molecule has 3 nitrogen and oxygen atoms in total. The minimum Gasteiger partial charge on any atom is -0.356 e. The molecule has 1 N–H and O–H groups in total. The van der Waals surface area contributed by atoms with E-state index < -0.39 is 0 Å². The molecule has 1 aromatic carbocycles. The first-order valence-corrected chi connectivity index (χ1v) is 5.67. The number of halogens is 1. The lowest BCUT2D eigenvalue weighted by Crippen LogP contribution is -2.20. The zero-order valence-corrected chi connectivity index (χ0v) is 10.3. The molecule has 1 amide bonds. The van der Waals surface area contributed by atoms with Gasteiger partial charge in [0.05, 0.1) is 5.02 Å². The molecule has 0 unspecified atom stereocenters. The Balaban J connectivity index is 2.62. The van der Waals surface area contributed by atoms with Gasteiger partial charge in [0.25, 0.3) is 0 Å². The van der Waals surface area contributed by atoms with E-state index in [0.717, 1.165) is 11.8 Å². The Morgan fingerprint density at radius 3 is 2.88 bits per heavy atom. The molecule has 4 heteroatoms. The van der Waals surface area contributed by atoms with Crippen molar-refractivity contribution in [2.24, 2.45) is 0 Å². The molecule has 0 atom stereocenters. The third-order valence-electron chi connectivity index (χ3n) is 2.19. The summed E-state index contributed by atoms with van der Waals surface area (Å²) in [6.45, 7) is 2.06. The number of benzene rings is 1. The normalized spacial score (nSPS) is 10.5. The summed E-state index contributed by atoms with van der Waals surface area (Å²) in [5.41, 5.74) is 1.28. The second kappa shape index (κ2) is 6.86. The van der Waals surface area contributed by atoms with Crippen molar-refractivity contribution in [1.82, 2.24) is 5.32 Å². The molecule has 0 saturated carbocycles. The number of hydrogen-bond donors (Lipinski definition) is 1. The summed E-state index contributed by atoms with van der Waals surface area (Å²) in [6.07, 6.45) is 5.19. The fourth-order valence-electron chi connectivity index (χ4n) is 1.37. The zero-order valence-electron chi connectivity index (χ0n) is 9.57. The fourth-order valence-corrected chi connectivity index (χ4v) is 1.59. The molecule has 0 fully saturated rings. The van der Waals surface area contributed by atoms with Crippen LogP contribution in [-0.2, 0) is 4.79 Å². The zero-order chi connectivity index (χ0) is 12.7. The van der Waals surface area contributed by atoms with E-state index in [1.807, 2.05) is 18.2 Å². The summed E-state index contributed by atoms with van der Waals surface area (Å²) in [5.74, 6) is -0.0465. The summed E-state index contributed by atoms with van der Waals surface area (Å²) >= 11 is 5.89. The second-order valence-corrected chi connectivity index (χ2v) is 3.94. The van der Waals surface area contributed by atoms with Gasteiger partial charge in [-0.05, 0) is 18.1 Å². The molecular formula is C13H14ClNO2. The highest BCUT2D eigenvalue weighted by Crippen LogP contribution is 2.19. The quantitative estimate of drug-likeness (QED) is 0.646. The van der Waals surface area contributed by atoms with Crippen molar-refractivity contribution in [3.05, 3.63) is 40.4 Å². The van der Waals surface area contributed by atoms with Crippen LogP contribution in [0.25, 0.3) is 6.08 Å².